The van der Waals surface area contributed by atoms with E-state index >= 15 is 0 Å². The summed E-state index contributed by atoms with van der Waals surface area (Å²) in [5, 5.41) is 8.98. The number of amides is 1. The number of likely N-dealkylation sites (tertiary alicyclic amines) is 1. The van der Waals surface area contributed by atoms with E-state index in [1.807, 2.05) is 4.90 Å². The number of nitrogens with zero attached hydrogens (tertiary/aromatic N) is 2. The fourth-order valence-corrected chi connectivity index (χ4v) is 5.63. The summed E-state index contributed by atoms with van der Waals surface area (Å²) in [4.78, 5) is 14.0. The van der Waals surface area contributed by atoms with Gasteiger partial charge < -0.3 is 4.90 Å². The van der Waals surface area contributed by atoms with Crippen molar-refractivity contribution in [1.82, 2.24) is 4.90 Å². The third-order valence-corrected chi connectivity index (χ3v) is 6.25. The molecule has 5 aliphatic rings. The standard InChI is InChI=1S/C16H22N2O/c17-7-12-6-16(19)18(8-12)9-15-13-2-10-1-11(4-13)5-14(15)3-10/h10-15H,1-6,8-9H2. The van der Waals surface area contributed by atoms with Crippen LogP contribution in [0.25, 0.3) is 0 Å². The van der Waals surface area contributed by atoms with Gasteiger partial charge in [0.05, 0.1) is 12.0 Å². The summed E-state index contributed by atoms with van der Waals surface area (Å²) in [6.07, 6.45) is 7.62. The van der Waals surface area contributed by atoms with E-state index in [0.717, 1.165) is 36.1 Å². The quantitative estimate of drug-likeness (QED) is 0.763. The molecule has 19 heavy (non-hydrogen) atoms. The minimum Gasteiger partial charge on any atom is -0.341 e. The second kappa shape index (κ2) is 4.23. The van der Waals surface area contributed by atoms with Crippen molar-refractivity contribution in [2.45, 2.75) is 38.5 Å². The van der Waals surface area contributed by atoms with Crippen molar-refractivity contribution >= 4 is 5.91 Å². The number of carbonyl (C=O) groups excluding carboxylic acids is 1. The van der Waals surface area contributed by atoms with Crippen molar-refractivity contribution in [3.8, 4) is 6.07 Å². The molecule has 0 aromatic heterocycles. The van der Waals surface area contributed by atoms with Crippen LogP contribution in [0.4, 0.5) is 0 Å². The molecule has 1 atom stereocenters. The van der Waals surface area contributed by atoms with Gasteiger partial charge in [-0.25, -0.2) is 0 Å². The Labute approximate surface area is 115 Å². The molecule has 4 aliphatic carbocycles. The molecule has 1 saturated heterocycles. The van der Waals surface area contributed by atoms with Gasteiger partial charge >= 0.3 is 0 Å². The molecule has 1 aliphatic heterocycles. The monoisotopic (exact) mass is 258 g/mol. The molecule has 102 valence electrons. The lowest BCUT2D eigenvalue weighted by Gasteiger charge is -2.55. The molecule has 0 spiro atoms. The lowest BCUT2D eigenvalue weighted by atomic mass is 9.52. The van der Waals surface area contributed by atoms with E-state index in [1.165, 1.54) is 32.1 Å². The minimum atomic E-state index is -0.0515. The van der Waals surface area contributed by atoms with Gasteiger partial charge in [0.2, 0.25) is 5.91 Å². The average molecular weight is 258 g/mol. The van der Waals surface area contributed by atoms with Crippen LogP contribution in [-0.2, 0) is 4.79 Å². The highest BCUT2D eigenvalue weighted by Crippen LogP contribution is 2.56. The largest absolute Gasteiger partial charge is 0.341 e. The first-order chi connectivity index (χ1) is 9.22. The highest BCUT2D eigenvalue weighted by molar-refractivity contribution is 5.79. The highest BCUT2D eigenvalue weighted by atomic mass is 16.2. The summed E-state index contributed by atoms with van der Waals surface area (Å²) in [7, 11) is 0. The Hall–Kier alpha value is -1.04. The second-order valence-electron chi connectivity index (χ2n) is 7.42. The number of rotatable bonds is 2. The molecule has 0 N–H and O–H groups in total. The zero-order valence-electron chi connectivity index (χ0n) is 11.4. The number of hydrogen-bond acceptors (Lipinski definition) is 2. The molecule has 0 aromatic rings. The van der Waals surface area contributed by atoms with E-state index in [2.05, 4.69) is 6.07 Å². The molecule has 1 unspecified atom stereocenters. The maximum Gasteiger partial charge on any atom is 0.224 e. The third kappa shape index (κ3) is 1.88. The Bertz CT molecular complexity index is 411. The van der Waals surface area contributed by atoms with Crippen LogP contribution >= 0.6 is 0 Å². The lowest BCUT2D eigenvalue weighted by molar-refractivity contribution is -0.130. The van der Waals surface area contributed by atoms with Crippen LogP contribution in [-0.4, -0.2) is 23.9 Å². The Morgan fingerprint density at radius 1 is 1.11 bits per heavy atom. The molecule has 1 heterocycles. The van der Waals surface area contributed by atoms with Crippen molar-refractivity contribution in [2.24, 2.45) is 35.5 Å². The van der Waals surface area contributed by atoms with Gasteiger partial charge in [-0.05, 0) is 61.7 Å². The van der Waals surface area contributed by atoms with E-state index in [-0.39, 0.29) is 11.8 Å². The average Bonchev–Trinajstić information content (AvgIpc) is 2.74. The van der Waals surface area contributed by atoms with E-state index < -0.39 is 0 Å². The van der Waals surface area contributed by atoms with Gasteiger partial charge in [-0.1, -0.05) is 0 Å². The summed E-state index contributed by atoms with van der Waals surface area (Å²) < 4.78 is 0. The van der Waals surface area contributed by atoms with E-state index in [1.54, 1.807) is 0 Å². The van der Waals surface area contributed by atoms with Crippen LogP contribution in [0.1, 0.15) is 38.5 Å². The van der Waals surface area contributed by atoms with Crippen LogP contribution < -0.4 is 0 Å². The highest BCUT2D eigenvalue weighted by Gasteiger charge is 2.49. The molecule has 5 fully saturated rings. The van der Waals surface area contributed by atoms with E-state index in [0.29, 0.717) is 13.0 Å². The van der Waals surface area contributed by atoms with Gasteiger partial charge in [0.1, 0.15) is 0 Å². The molecule has 1 amide bonds. The first-order valence-electron chi connectivity index (χ1n) is 7.90. The lowest BCUT2D eigenvalue weighted by Crippen LogP contribution is -2.49. The zero-order valence-corrected chi connectivity index (χ0v) is 11.4. The second-order valence-corrected chi connectivity index (χ2v) is 7.42. The fourth-order valence-electron chi connectivity index (χ4n) is 5.63. The Kier molecular flexibility index (Phi) is 2.62. The molecule has 4 saturated carbocycles. The van der Waals surface area contributed by atoms with Crippen molar-refractivity contribution in [2.75, 3.05) is 13.1 Å². The zero-order chi connectivity index (χ0) is 13.0. The molecule has 3 heteroatoms. The van der Waals surface area contributed by atoms with Gasteiger partial charge in [-0.3, -0.25) is 4.79 Å². The maximum absolute atomic E-state index is 12.0. The molecule has 3 nitrogen and oxygen atoms in total. The number of hydrogen-bond donors (Lipinski definition) is 0. The van der Waals surface area contributed by atoms with Crippen LogP contribution in [0.3, 0.4) is 0 Å². The van der Waals surface area contributed by atoms with Gasteiger partial charge in [0.15, 0.2) is 0 Å². The van der Waals surface area contributed by atoms with Crippen LogP contribution in [0.15, 0.2) is 0 Å². The predicted octanol–water partition coefficient (Wildman–Crippen LogP) is 2.43. The smallest absolute Gasteiger partial charge is 0.224 e. The Morgan fingerprint density at radius 2 is 1.74 bits per heavy atom. The Balaban J connectivity index is 1.46. The van der Waals surface area contributed by atoms with Gasteiger partial charge in [-0.15, -0.1) is 0 Å². The van der Waals surface area contributed by atoms with Crippen molar-refractivity contribution in [3.05, 3.63) is 0 Å². The van der Waals surface area contributed by atoms with Gasteiger partial charge in [0.25, 0.3) is 0 Å². The van der Waals surface area contributed by atoms with E-state index in [4.69, 9.17) is 5.26 Å². The van der Waals surface area contributed by atoms with Crippen LogP contribution in [0, 0.1) is 46.8 Å². The first-order valence-corrected chi connectivity index (χ1v) is 7.90. The molecule has 5 rings (SSSR count). The van der Waals surface area contributed by atoms with E-state index in [9.17, 15) is 4.79 Å². The Morgan fingerprint density at radius 3 is 2.26 bits per heavy atom. The topological polar surface area (TPSA) is 44.1 Å². The van der Waals surface area contributed by atoms with Crippen LogP contribution in [0.2, 0.25) is 0 Å². The molecular formula is C16H22N2O. The predicted molar refractivity (Wildman–Crippen MR) is 70.8 cm³/mol. The van der Waals surface area contributed by atoms with Crippen molar-refractivity contribution < 1.29 is 4.79 Å². The molecule has 0 aromatic carbocycles. The van der Waals surface area contributed by atoms with Crippen molar-refractivity contribution in [3.63, 3.8) is 0 Å². The number of nitriles is 1. The number of carbonyl (C=O) groups is 1. The maximum atomic E-state index is 12.0. The summed E-state index contributed by atoms with van der Waals surface area (Å²) in [6, 6.07) is 2.26. The third-order valence-electron chi connectivity index (χ3n) is 6.25. The van der Waals surface area contributed by atoms with Crippen molar-refractivity contribution in [1.29, 1.82) is 5.26 Å². The summed E-state index contributed by atoms with van der Waals surface area (Å²) in [5.74, 6) is 4.68. The summed E-state index contributed by atoms with van der Waals surface area (Å²) in [6.45, 7) is 1.64. The fraction of sp³-hybridized carbons (Fsp3) is 0.875. The minimum absolute atomic E-state index is 0.0515. The van der Waals surface area contributed by atoms with Gasteiger partial charge in [0, 0.05) is 19.5 Å². The van der Waals surface area contributed by atoms with Crippen LogP contribution in [0.5, 0.6) is 0 Å². The summed E-state index contributed by atoms with van der Waals surface area (Å²) >= 11 is 0. The first kappa shape index (κ1) is 11.8. The molecule has 0 radical (unpaired) electrons. The molecule has 4 bridgehead atoms. The SMILES string of the molecule is N#CC1CC(=O)N(CC2C3CC4CC(C3)CC2C4)C1. The molecular weight excluding hydrogens is 236 g/mol. The normalized spacial score (nSPS) is 47.7. The summed E-state index contributed by atoms with van der Waals surface area (Å²) in [5.41, 5.74) is 0. The van der Waals surface area contributed by atoms with Gasteiger partial charge in [-0.2, -0.15) is 5.26 Å².